The summed E-state index contributed by atoms with van der Waals surface area (Å²) >= 11 is 0. The number of nitrogens with zero attached hydrogens (tertiary/aromatic N) is 1. The van der Waals surface area contributed by atoms with Crippen LogP contribution < -0.4 is 10.2 Å². The van der Waals surface area contributed by atoms with Crippen LogP contribution in [0.2, 0.25) is 0 Å². The molecule has 41 heavy (non-hydrogen) atoms. The lowest BCUT2D eigenvalue weighted by molar-refractivity contribution is -0.123. The van der Waals surface area contributed by atoms with Crippen LogP contribution in [-0.4, -0.2) is 30.3 Å². The van der Waals surface area contributed by atoms with Gasteiger partial charge in [-0.25, -0.2) is 4.79 Å². The van der Waals surface area contributed by atoms with Crippen LogP contribution in [0.3, 0.4) is 0 Å². The van der Waals surface area contributed by atoms with Crippen molar-refractivity contribution in [1.29, 1.82) is 0 Å². The maximum absolute atomic E-state index is 13.7. The Kier molecular flexibility index (Phi) is 6.15. The second kappa shape index (κ2) is 10.0. The number of fused-ring (bicyclic) bond motifs is 6. The van der Waals surface area contributed by atoms with Gasteiger partial charge < -0.3 is 10.1 Å². The molecular weight excluding hydrogens is 516 g/mol. The maximum Gasteiger partial charge on any atom is 0.338 e. The van der Waals surface area contributed by atoms with E-state index in [0.717, 1.165) is 23.6 Å². The number of ether oxygens (including phenoxy) is 1. The Labute approximate surface area is 237 Å². The molecule has 7 heteroatoms. The molecule has 2 aliphatic carbocycles. The van der Waals surface area contributed by atoms with Crippen LogP contribution in [0, 0.1) is 23.7 Å². The SMILES string of the molecule is O=C(COC(=O)c1cccc(N2C(=O)[C@@H]3[C@@H]4C[C@@H]([C@H]3C2=O)[C@@H](c2ccccc2)C4)c1)Nc1cccc2ccccc12. The third-order valence-electron chi connectivity index (χ3n) is 8.98. The predicted molar refractivity (Wildman–Crippen MR) is 154 cm³/mol. The fraction of sp³-hybridized carbons (Fsp3) is 0.235. The van der Waals surface area contributed by atoms with Crippen molar-refractivity contribution in [2.45, 2.75) is 18.8 Å². The summed E-state index contributed by atoms with van der Waals surface area (Å²) in [5.41, 5.74) is 2.39. The number of benzene rings is 4. The number of hydrogen-bond acceptors (Lipinski definition) is 5. The molecule has 7 rings (SSSR count). The third-order valence-corrected chi connectivity index (χ3v) is 8.98. The molecule has 1 aliphatic heterocycles. The average molecular weight is 545 g/mol. The largest absolute Gasteiger partial charge is 0.452 e. The smallest absolute Gasteiger partial charge is 0.338 e. The Morgan fingerprint density at radius 1 is 0.805 bits per heavy atom. The highest BCUT2D eigenvalue weighted by molar-refractivity contribution is 6.23. The molecule has 4 aromatic rings. The normalized spacial score (nSPS) is 24.5. The van der Waals surface area contributed by atoms with Gasteiger partial charge in [-0.2, -0.15) is 0 Å². The van der Waals surface area contributed by atoms with Gasteiger partial charge in [0, 0.05) is 11.1 Å². The summed E-state index contributed by atoms with van der Waals surface area (Å²) in [6.07, 6.45) is 1.81. The number of imide groups is 1. The molecule has 0 unspecified atom stereocenters. The monoisotopic (exact) mass is 544 g/mol. The first-order valence-corrected chi connectivity index (χ1v) is 14.0. The van der Waals surface area contributed by atoms with E-state index in [-0.39, 0.29) is 47.0 Å². The van der Waals surface area contributed by atoms with Crippen molar-refractivity contribution in [1.82, 2.24) is 0 Å². The van der Waals surface area contributed by atoms with Crippen LogP contribution in [0.15, 0.2) is 97.1 Å². The zero-order valence-corrected chi connectivity index (χ0v) is 22.2. The topological polar surface area (TPSA) is 92.8 Å². The molecule has 5 atom stereocenters. The molecule has 0 radical (unpaired) electrons. The third kappa shape index (κ3) is 4.29. The minimum Gasteiger partial charge on any atom is -0.452 e. The van der Waals surface area contributed by atoms with Crippen molar-refractivity contribution in [3.63, 3.8) is 0 Å². The summed E-state index contributed by atoms with van der Waals surface area (Å²) in [4.78, 5) is 53.9. The van der Waals surface area contributed by atoms with Gasteiger partial charge in [0.05, 0.1) is 23.1 Å². The van der Waals surface area contributed by atoms with Gasteiger partial charge in [0.2, 0.25) is 11.8 Å². The number of amides is 3. The fourth-order valence-corrected chi connectivity index (χ4v) is 7.30. The Balaban J connectivity index is 1.04. The van der Waals surface area contributed by atoms with E-state index in [1.807, 2.05) is 54.6 Å². The molecule has 2 saturated carbocycles. The van der Waals surface area contributed by atoms with E-state index < -0.39 is 18.5 Å². The van der Waals surface area contributed by atoms with Crippen LogP contribution in [0.1, 0.15) is 34.7 Å². The van der Waals surface area contributed by atoms with Crippen molar-refractivity contribution >= 4 is 45.8 Å². The van der Waals surface area contributed by atoms with E-state index >= 15 is 0 Å². The molecule has 1 N–H and O–H groups in total. The standard InChI is InChI=1S/C34H28N2O5/c37-29(35-28-15-7-11-20-10-4-5-14-25(20)28)19-41-34(40)22-12-6-13-24(16-22)36-32(38)30-23-17-26(21-8-2-1-3-9-21)27(18-23)31(30)33(36)39/h1-16,23,26-27,30-31H,17-19H2,(H,35,37)/t23-,26+,27+,30+,31+/m0/s1. The molecule has 2 bridgehead atoms. The molecule has 4 aromatic carbocycles. The highest BCUT2D eigenvalue weighted by Crippen LogP contribution is 2.61. The van der Waals surface area contributed by atoms with Crippen LogP contribution in [-0.2, 0) is 19.1 Å². The van der Waals surface area contributed by atoms with E-state index in [1.165, 1.54) is 16.5 Å². The molecule has 7 nitrogen and oxygen atoms in total. The Morgan fingerprint density at radius 2 is 1.54 bits per heavy atom. The number of nitrogens with one attached hydrogen (secondary N) is 1. The van der Waals surface area contributed by atoms with Crippen LogP contribution in [0.5, 0.6) is 0 Å². The highest BCUT2D eigenvalue weighted by atomic mass is 16.5. The van der Waals surface area contributed by atoms with Gasteiger partial charge in [0.15, 0.2) is 6.61 Å². The lowest BCUT2D eigenvalue weighted by Gasteiger charge is -2.28. The number of carbonyl (C=O) groups is 4. The van der Waals surface area contributed by atoms with Gasteiger partial charge in [-0.1, -0.05) is 72.8 Å². The van der Waals surface area contributed by atoms with Crippen LogP contribution in [0.4, 0.5) is 11.4 Å². The first kappa shape index (κ1) is 25.2. The van der Waals surface area contributed by atoms with Gasteiger partial charge in [0.25, 0.3) is 5.91 Å². The first-order valence-electron chi connectivity index (χ1n) is 14.0. The summed E-state index contributed by atoms with van der Waals surface area (Å²) in [6, 6.07) is 29.8. The summed E-state index contributed by atoms with van der Waals surface area (Å²) in [7, 11) is 0. The minimum atomic E-state index is -0.705. The average Bonchev–Trinajstić information content (AvgIpc) is 3.67. The minimum absolute atomic E-state index is 0.141. The van der Waals surface area contributed by atoms with E-state index in [1.54, 1.807) is 24.3 Å². The van der Waals surface area contributed by atoms with E-state index in [4.69, 9.17) is 4.74 Å². The molecular formula is C34H28N2O5. The number of hydrogen-bond donors (Lipinski definition) is 1. The molecule has 1 heterocycles. The first-order chi connectivity index (χ1) is 20.0. The van der Waals surface area contributed by atoms with Gasteiger partial charge in [-0.15, -0.1) is 0 Å². The van der Waals surface area contributed by atoms with E-state index in [9.17, 15) is 19.2 Å². The summed E-state index contributed by atoms with van der Waals surface area (Å²) in [5, 5.41) is 4.67. The van der Waals surface area contributed by atoms with E-state index in [0.29, 0.717) is 11.4 Å². The number of anilines is 2. The van der Waals surface area contributed by atoms with Crippen molar-refractivity contribution in [2.24, 2.45) is 23.7 Å². The van der Waals surface area contributed by atoms with Crippen molar-refractivity contribution < 1.29 is 23.9 Å². The molecule has 1 saturated heterocycles. The van der Waals surface area contributed by atoms with Gasteiger partial charge in [-0.05, 0) is 65.8 Å². The molecule has 204 valence electrons. The Morgan fingerprint density at radius 3 is 2.39 bits per heavy atom. The summed E-state index contributed by atoms with van der Waals surface area (Å²) < 4.78 is 5.29. The molecule has 0 spiro atoms. The van der Waals surface area contributed by atoms with Crippen molar-refractivity contribution in [3.8, 4) is 0 Å². The second-order valence-corrected chi connectivity index (χ2v) is 11.2. The quantitative estimate of drug-likeness (QED) is 0.253. The second-order valence-electron chi connectivity index (χ2n) is 11.2. The molecule has 3 aliphatic rings. The molecule has 3 amide bonds. The maximum atomic E-state index is 13.7. The fourth-order valence-electron chi connectivity index (χ4n) is 7.30. The van der Waals surface area contributed by atoms with Gasteiger partial charge in [-0.3, -0.25) is 19.3 Å². The number of rotatable bonds is 6. The van der Waals surface area contributed by atoms with Gasteiger partial charge in [0.1, 0.15) is 0 Å². The van der Waals surface area contributed by atoms with E-state index in [2.05, 4.69) is 17.4 Å². The lowest BCUT2D eigenvalue weighted by atomic mass is 9.73. The Hall–Kier alpha value is -4.78. The molecule has 3 fully saturated rings. The zero-order chi connectivity index (χ0) is 28.1. The number of carbonyl (C=O) groups excluding carboxylic acids is 4. The summed E-state index contributed by atoms with van der Waals surface area (Å²) in [6.45, 7) is -0.470. The van der Waals surface area contributed by atoms with Crippen molar-refractivity contribution in [2.75, 3.05) is 16.8 Å². The van der Waals surface area contributed by atoms with Gasteiger partial charge >= 0.3 is 5.97 Å². The van der Waals surface area contributed by atoms with Crippen LogP contribution in [0.25, 0.3) is 10.8 Å². The highest BCUT2D eigenvalue weighted by Gasteiger charge is 2.64. The lowest BCUT2D eigenvalue weighted by Crippen LogP contribution is -2.33. The Bertz CT molecular complexity index is 1690. The predicted octanol–water partition coefficient (Wildman–Crippen LogP) is 5.56. The molecule has 0 aromatic heterocycles. The number of esters is 1. The van der Waals surface area contributed by atoms with Crippen LogP contribution >= 0.6 is 0 Å². The zero-order valence-electron chi connectivity index (χ0n) is 22.2. The summed E-state index contributed by atoms with van der Waals surface area (Å²) in [5.74, 6) is -1.57. The van der Waals surface area contributed by atoms with Crippen molar-refractivity contribution in [3.05, 3.63) is 108 Å².